The molecule has 17 heavy (non-hydrogen) atoms. The van der Waals surface area contributed by atoms with E-state index in [1.54, 1.807) is 0 Å². The van der Waals surface area contributed by atoms with Gasteiger partial charge in [-0.15, -0.1) is 0 Å². The van der Waals surface area contributed by atoms with Crippen molar-refractivity contribution in [2.45, 2.75) is 37.4 Å². The lowest BCUT2D eigenvalue weighted by atomic mass is 9.99. The molecular formula is C12H13ClF3N. The summed E-state index contributed by atoms with van der Waals surface area (Å²) in [5.41, 5.74) is 5.14. The average Bonchev–Trinajstić information content (AvgIpc) is 2.93. The van der Waals surface area contributed by atoms with Crippen LogP contribution in [-0.2, 0) is 12.6 Å². The molecule has 1 aromatic carbocycles. The van der Waals surface area contributed by atoms with Crippen LogP contribution in [0.25, 0.3) is 0 Å². The molecule has 0 saturated heterocycles. The first kappa shape index (κ1) is 12.7. The average molecular weight is 264 g/mol. The predicted molar refractivity (Wildman–Crippen MR) is 60.9 cm³/mol. The molecule has 0 aromatic heterocycles. The summed E-state index contributed by atoms with van der Waals surface area (Å²) in [6.45, 7) is 0. The summed E-state index contributed by atoms with van der Waals surface area (Å²) in [6.07, 6.45) is -1.74. The van der Waals surface area contributed by atoms with E-state index < -0.39 is 11.7 Å². The Hall–Kier alpha value is -0.740. The van der Waals surface area contributed by atoms with Crippen LogP contribution in [0.2, 0.25) is 5.02 Å². The van der Waals surface area contributed by atoms with Gasteiger partial charge in [-0.3, -0.25) is 0 Å². The van der Waals surface area contributed by atoms with Crippen molar-refractivity contribution in [3.8, 4) is 0 Å². The summed E-state index contributed by atoms with van der Waals surface area (Å²) in [5, 5.41) is 0.170. The van der Waals surface area contributed by atoms with Crippen LogP contribution in [0.3, 0.4) is 0 Å². The minimum Gasteiger partial charge on any atom is -0.325 e. The largest absolute Gasteiger partial charge is 0.416 e. The van der Waals surface area contributed by atoms with E-state index in [-0.39, 0.29) is 22.5 Å². The summed E-state index contributed by atoms with van der Waals surface area (Å²) in [4.78, 5) is 0. The number of hydrogen-bond acceptors (Lipinski definition) is 1. The van der Waals surface area contributed by atoms with Gasteiger partial charge in [-0.1, -0.05) is 17.7 Å². The zero-order chi connectivity index (χ0) is 12.7. The number of hydrogen-bond donors (Lipinski definition) is 1. The molecule has 0 heterocycles. The normalized spacial score (nSPS) is 18.2. The molecule has 0 amide bonds. The zero-order valence-corrected chi connectivity index (χ0v) is 9.91. The van der Waals surface area contributed by atoms with Crippen molar-refractivity contribution in [2.24, 2.45) is 5.73 Å². The minimum absolute atomic E-state index is 0.165. The molecule has 5 heteroatoms. The summed E-state index contributed by atoms with van der Waals surface area (Å²) in [5.74, 6) is 0. The van der Waals surface area contributed by atoms with Crippen molar-refractivity contribution in [3.63, 3.8) is 0 Å². The van der Waals surface area contributed by atoms with E-state index in [0.717, 1.165) is 18.9 Å². The molecular weight excluding hydrogens is 251 g/mol. The SMILES string of the molecule is NC1(CCc2c(Cl)cccc2C(F)(F)F)CC1. The van der Waals surface area contributed by atoms with E-state index in [9.17, 15) is 13.2 Å². The Balaban J connectivity index is 2.24. The number of benzene rings is 1. The van der Waals surface area contributed by atoms with Crippen LogP contribution in [0, 0.1) is 0 Å². The molecule has 1 aliphatic carbocycles. The fraction of sp³-hybridized carbons (Fsp3) is 0.500. The first-order chi connectivity index (χ1) is 7.82. The molecule has 1 fully saturated rings. The Kier molecular flexibility index (Phi) is 3.12. The molecule has 0 unspecified atom stereocenters. The zero-order valence-electron chi connectivity index (χ0n) is 9.15. The van der Waals surface area contributed by atoms with Crippen LogP contribution in [0.15, 0.2) is 18.2 Å². The molecule has 0 aliphatic heterocycles. The van der Waals surface area contributed by atoms with Crippen molar-refractivity contribution in [1.82, 2.24) is 0 Å². The maximum absolute atomic E-state index is 12.8. The lowest BCUT2D eigenvalue weighted by Gasteiger charge is -2.15. The molecule has 2 N–H and O–H groups in total. The van der Waals surface area contributed by atoms with Crippen molar-refractivity contribution < 1.29 is 13.2 Å². The lowest BCUT2D eigenvalue weighted by molar-refractivity contribution is -0.138. The Morgan fingerprint density at radius 1 is 1.29 bits per heavy atom. The predicted octanol–water partition coefficient (Wildman–Crippen LogP) is 3.78. The van der Waals surface area contributed by atoms with Gasteiger partial charge in [0.15, 0.2) is 0 Å². The maximum Gasteiger partial charge on any atom is 0.416 e. The van der Waals surface area contributed by atoms with Crippen LogP contribution in [-0.4, -0.2) is 5.54 Å². The van der Waals surface area contributed by atoms with Crippen LogP contribution in [0.4, 0.5) is 13.2 Å². The molecule has 2 rings (SSSR count). The van der Waals surface area contributed by atoms with Crippen LogP contribution in [0.5, 0.6) is 0 Å². The van der Waals surface area contributed by atoms with Gasteiger partial charge in [0.25, 0.3) is 0 Å². The highest BCUT2D eigenvalue weighted by Crippen LogP contribution is 2.40. The maximum atomic E-state index is 12.8. The first-order valence-corrected chi connectivity index (χ1v) is 5.83. The fourth-order valence-corrected chi connectivity index (χ4v) is 2.13. The highest BCUT2D eigenvalue weighted by atomic mass is 35.5. The lowest BCUT2D eigenvalue weighted by Crippen LogP contribution is -2.23. The van der Waals surface area contributed by atoms with Gasteiger partial charge in [0.05, 0.1) is 5.56 Å². The Bertz CT molecular complexity index is 424. The van der Waals surface area contributed by atoms with Crippen molar-refractivity contribution in [2.75, 3.05) is 0 Å². The molecule has 0 spiro atoms. The third-order valence-corrected chi connectivity index (χ3v) is 3.54. The molecule has 1 aromatic rings. The second-order valence-electron chi connectivity index (χ2n) is 4.63. The van der Waals surface area contributed by atoms with Gasteiger partial charge in [0.1, 0.15) is 0 Å². The Morgan fingerprint density at radius 2 is 1.94 bits per heavy atom. The van der Waals surface area contributed by atoms with Crippen molar-refractivity contribution in [3.05, 3.63) is 34.3 Å². The van der Waals surface area contributed by atoms with E-state index in [4.69, 9.17) is 17.3 Å². The van der Waals surface area contributed by atoms with Crippen molar-refractivity contribution >= 4 is 11.6 Å². The quantitative estimate of drug-likeness (QED) is 0.882. The first-order valence-electron chi connectivity index (χ1n) is 5.45. The van der Waals surface area contributed by atoms with Crippen LogP contribution >= 0.6 is 11.6 Å². The molecule has 1 nitrogen and oxygen atoms in total. The molecule has 1 aliphatic rings. The van der Waals surface area contributed by atoms with Crippen LogP contribution < -0.4 is 5.73 Å². The second-order valence-corrected chi connectivity index (χ2v) is 5.03. The van der Waals surface area contributed by atoms with Gasteiger partial charge in [0, 0.05) is 10.6 Å². The number of rotatable bonds is 3. The topological polar surface area (TPSA) is 26.0 Å². The van der Waals surface area contributed by atoms with E-state index in [1.807, 2.05) is 0 Å². The van der Waals surface area contributed by atoms with Gasteiger partial charge in [0.2, 0.25) is 0 Å². The van der Waals surface area contributed by atoms with Gasteiger partial charge >= 0.3 is 6.18 Å². The number of alkyl halides is 3. The highest BCUT2D eigenvalue weighted by Gasteiger charge is 2.39. The molecule has 0 radical (unpaired) electrons. The van der Waals surface area contributed by atoms with Gasteiger partial charge in [-0.05, 0) is 43.4 Å². The summed E-state index contributed by atoms with van der Waals surface area (Å²) < 4.78 is 38.3. The monoisotopic (exact) mass is 263 g/mol. The Morgan fingerprint density at radius 3 is 2.47 bits per heavy atom. The molecule has 1 saturated carbocycles. The number of nitrogens with two attached hydrogens (primary N) is 1. The number of halogens is 4. The molecule has 0 atom stereocenters. The van der Waals surface area contributed by atoms with E-state index in [0.29, 0.717) is 6.42 Å². The molecule has 94 valence electrons. The third kappa shape index (κ3) is 2.93. The third-order valence-electron chi connectivity index (χ3n) is 3.19. The minimum atomic E-state index is -4.36. The molecule has 0 bridgehead atoms. The summed E-state index contributed by atoms with van der Waals surface area (Å²) in [7, 11) is 0. The van der Waals surface area contributed by atoms with Crippen LogP contribution in [0.1, 0.15) is 30.4 Å². The van der Waals surface area contributed by atoms with Gasteiger partial charge in [-0.2, -0.15) is 13.2 Å². The standard InChI is InChI=1S/C12H13ClF3N/c13-10-3-1-2-9(12(14,15)16)8(10)4-5-11(17)6-7-11/h1-3H,4-7,17H2. The second kappa shape index (κ2) is 4.18. The van der Waals surface area contributed by atoms with Gasteiger partial charge < -0.3 is 5.73 Å². The van der Waals surface area contributed by atoms with E-state index in [1.165, 1.54) is 12.1 Å². The fourth-order valence-electron chi connectivity index (χ4n) is 1.86. The Labute approximate surface area is 103 Å². The highest BCUT2D eigenvalue weighted by molar-refractivity contribution is 6.31. The van der Waals surface area contributed by atoms with E-state index in [2.05, 4.69) is 0 Å². The van der Waals surface area contributed by atoms with E-state index >= 15 is 0 Å². The van der Waals surface area contributed by atoms with Crippen molar-refractivity contribution in [1.29, 1.82) is 0 Å². The van der Waals surface area contributed by atoms with Gasteiger partial charge in [-0.25, -0.2) is 0 Å². The smallest absolute Gasteiger partial charge is 0.325 e. The summed E-state index contributed by atoms with van der Waals surface area (Å²) in [6, 6.07) is 3.88. The summed E-state index contributed by atoms with van der Waals surface area (Å²) >= 11 is 5.84.